The van der Waals surface area contributed by atoms with E-state index in [0.717, 1.165) is 11.8 Å². The van der Waals surface area contributed by atoms with Crippen LogP contribution in [0.5, 0.6) is 5.75 Å². The molecule has 1 aromatic rings. The standard InChI is InChI=1S/C11H13NO4S/c1-16-8-4-2-7(3-5-8)11(15)17-6-9(12)10(13)14/h2-5,9H,6,12H2,1H3,(H,13,14)/t9-/m0/s1. The van der Waals surface area contributed by atoms with Gasteiger partial charge in [-0.25, -0.2) is 0 Å². The molecule has 0 amide bonds. The number of thioether (sulfide) groups is 1. The lowest BCUT2D eigenvalue weighted by Gasteiger charge is -2.08. The highest BCUT2D eigenvalue weighted by Crippen LogP contribution is 2.16. The molecule has 0 aromatic heterocycles. The number of carboxylic acid groups (broad SMARTS) is 1. The quantitative estimate of drug-likeness (QED) is 0.723. The van der Waals surface area contributed by atoms with Gasteiger partial charge >= 0.3 is 0 Å². The van der Waals surface area contributed by atoms with Crippen molar-refractivity contribution in [1.82, 2.24) is 0 Å². The molecule has 1 aromatic carbocycles. The summed E-state index contributed by atoms with van der Waals surface area (Å²) < 4.78 is 4.96. The summed E-state index contributed by atoms with van der Waals surface area (Å²) in [5.41, 5.74) is 3.88. The molecule has 0 aliphatic carbocycles. The fourth-order valence-corrected chi connectivity index (χ4v) is 1.85. The molecule has 0 heterocycles. The van der Waals surface area contributed by atoms with Crippen molar-refractivity contribution in [2.45, 2.75) is 6.04 Å². The maximum Gasteiger partial charge on any atom is 0.219 e. The van der Waals surface area contributed by atoms with Gasteiger partial charge in [-0.15, -0.1) is 0 Å². The molecule has 1 rings (SSSR count). The zero-order chi connectivity index (χ0) is 12.8. The van der Waals surface area contributed by atoms with Gasteiger partial charge in [0.25, 0.3) is 0 Å². The number of rotatable bonds is 5. The van der Waals surface area contributed by atoms with Gasteiger partial charge in [0.15, 0.2) is 0 Å². The summed E-state index contributed by atoms with van der Waals surface area (Å²) in [5.74, 6) is -0.482. The fraction of sp³-hybridized carbons (Fsp3) is 0.273. The summed E-state index contributed by atoms with van der Waals surface area (Å²) in [6.45, 7) is 0. The fourth-order valence-electron chi connectivity index (χ4n) is 1.05. The van der Waals surface area contributed by atoms with Gasteiger partial charge in [0.1, 0.15) is 11.8 Å². The molecule has 5 nitrogen and oxygen atoms in total. The van der Waals surface area contributed by atoms with Crippen LogP contribution < -0.4 is 15.6 Å². The van der Waals surface area contributed by atoms with Crippen LogP contribution in [0.15, 0.2) is 24.3 Å². The van der Waals surface area contributed by atoms with Gasteiger partial charge in [-0.3, -0.25) is 4.79 Å². The zero-order valence-electron chi connectivity index (χ0n) is 9.34. The van der Waals surface area contributed by atoms with E-state index in [1.807, 2.05) is 0 Å². The van der Waals surface area contributed by atoms with Crippen molar-refractivity contribution < 1.29 is 25.2 Å². The second-order valence-corrected chi connectivity index (χ2v) is 4.34. The SMILES string of the molecule is COc1ccc(C(=O)SC[C@H]([NH3+])C(=O)[O-])cc1. The van der Waals surface area contributed by atoms with Gasteiger partial charge in [0.05, 0.1) is 18.8 Å². The number of methoxy groups -OCH3 is 1. The maximum atomic E-state index is 11.7. The number of quaternary nitrogens is 1. The summed E-state index contributed by atoms with van der Waals surface area (Å²) >= 11 is 0.916. The minimum absolute atomic E-state index is 0.104. The Morgan fingerprint density at radius 3 is 2.47 bits per heavy atom. The average Bonchev–Trinajstić information content (AvgIpc) is 2.35. The van der Waals surface area contributed by atoms with E-state index in [2.05, 4.69) is 5.73 Å². The van der Waals surface area contributed by atoms with Crippen molar-refractivity contribution in [3.63, 3.8) is 0 Å². The highest BCUT2D eigenvalue weighted by Gasteiger charge is 2.12. The summed E-state index contributed by atoms with van der Waals surface area (Å²) in [7, 11) is 1.54. The number of hydrogen-bond acceptors (Lipinski definition) is 5. The van der Waals surface area contributed by atoms with Crippen LogP contribution in [0.1, 0.15) is 10.4 Å². The van der Waals surface area contributed by atoms with E-state index in [4.69, 9.17) is 4.74 Å². The number of hydrogen-bond donors (Lipinski definition) is 1. The van der Waals surface area contributed by atoms with E-state index in [0.29, 0.717) is 11.3 Å². The number of carboxylic acids is 1. The molecular weight excluding hydrogens is 242 g/mol. The van der Waals surface area contributed by atoms with E-state index in [-0.39, 0.29) is 10.9 Å². The van der Waals surface area contributed by atoms with Crippen molar-refractivity contribution in [1.29, 1.82) is 0 Å². The lowest BCUT2D eigenvalue weighted by atomic mass is 10.2. The summed E-state index contributed by atoms with van der Waals surface area (Å²) in [5, 5.41) is 10.2. The Balaban J connectivity index is 2.55. The Kier molecular flexibility index (Phi) is 4.99. The van der Waals surface area contributed by atoms with Crippen molar-refractivity contribution in [2.75, 3.05) is 12.9 Å². The second kappa shape index (κ2) is 6.27. The van der Waals surface area contributed by atoms with Crippen LogP contribution in [-0.4, -0.2) is 30.0 Å². The lowest BCUT2D eigenvalue weighted by molar-refractivity contribution is -0.431. The predicted octanol–water partition coefficient (Wildman–Crippen LogP) is -1.07. The van der Waals surface area contributed by atoms with Crippen LogP contribution in [0.25, 0.3) is 0 Å². The van der Waals surface area contributed by atoms with Gasteiger partial charge in [0.2, 0.25) is 5.12 Å². The second-order valence-electron chi connectivity index (χ2n) is 3.34. The number of carbonyl (C=O) groups is 2. The first kappa shape index (κ1) is 13.5. The molecule has 0 saturated heterocycles. The van der Waals surface area contributed by atoms with Crippen LogP contribution in [0.3, 0.4) is 0 Å². The molecule has 0 aliphatic rings. The highest BCUT2D eigenvalue weighted by molar-refractivity contribution is 8.14. The van der Waals surface area contributed by atoms with Crippen molar-refractivity contribution in [3.05, 3.63) is 29.8 Å². The molecule has 0 aliphatic heterocycles. The molecule has 1 atom stereocenters. The number of carbonyl (C=O) groups excluding carboxylic acids is 2. The predicted molar refractivity (Wildman–Crippen MR) is 61.5 cm³/mol. The lowest BCUT2D eigenvalue weighted by Crippen LogP contribution is -2.69. The van der Waals surface area contributed by atoms with E-state index < -0.39 is 12.0 Å². The first-order valence-corrected chi connectivity index (χ1v) is 5.88. The average molecular weight is 255 g/mol. The molecule has 6 heteroatoms. The van der Waals surface area contributed by atoms with Gasteiger partial charge in [-0.05, 0) is 24.3 Å². The molecule has 0 unspecified atom stereocenters. The molecule has 0 saturated carbocycles. The molecular formula is C11H13NO4S. The number of aliphatic carboxylic acids is 1. The molecule has 0 radical (unpaired) electrons. The van der Waals surface area contributed by atoms with Gasteiger partial charge < -0.3 is 20.4 Å². The van der Waals surface area contributed by atoms with E-state index in [9.17, 15) is 14.7 Å². The van der Waals surface area contributed by atoms with Gasteiger partial charge in [0, 0.05) is 5.56 Å². The minimum Gasteiger partial charge on any atom is -0.544 e. The molecule has 0 bridgehead atoms. The monoisotopic (exact) mass is 255 g/mol. The van der Waals surface area contributed by atoms with Gasteiger partial charge in [-0.1, -0.05) is 11.8 Å². The topological polar surface area (TPSA) is 94.1 Å². The molecule has 0 spiro atoms. The van der Waals surface area contributed by atoms with Crippen LogP contribution in [-0.2, 0) is 4.79 Å². The summed E-state index contributed by atoms with van der Waals surface area (Å²) in [4.78, 5) is 22.1. The Morgan fingerprint density at radius 1 is 1.41 bits per heavy atom. The van der Waals surface area contributed by atoms with E-state index in [1.54, 1.807) is 31.4 Å². The number of benzene rings is 1. The normalized spacial score (nSPS) is 11.9. The van der Waals surface area contributed by atoms with Crippen LogP contribution in [0.4, 0.5) is 0 Å². The van der Waals surface area contributed by atoms with Crippen molar-refractivity contribution >= 4 is 22.8 Å². The van der Waals surface area contributed by atoms with Crippen LogP contribution in [0, 0.1) is 0 Å². The Bertz CT molecular complexity index is 404. The molecule has 3 N–H and O–H groups in total. The van der Waals surface area contributed by atoms with Crippen LogP contribution >= 0.6 is 11.8 Å². The van der Waals surface area contributed by atoms with E-state index >= 15 is 0 Å². The Morgan fingerprint density at radius 2 is 2.00 bits per heavy atom. The van der Waals surface area contributed by atoms with Crippen molar-refractivity contribution in [3.8, 4) is 5.75 Å². The molecule has 0 fully saturated rings. The third-order valence-corrected chi connectivity index (χ3v) is 3.14. The summed E-state index contributed by atoms with van der Waals surface area (Å²) in [6.07, 6.45) is 0. The number of ether oxygens (including phenoxy) is 1. The Hall–Kier alpha value is -1.53. The maximum absolute atomic E-state index is 11.7. The third kappa shape index (κ3) is 4.08. The largest absolute Gasteiger partial charge is 0.544 e. The van der Waals surface area contributed by atoms with Crippen molar-refractivity contribution in [2.24, 2.45) is 0 Å². The van der Waals surface area contributed by atoms with E-state index in [1.165, 1.54) is 0 Å². The third-order valence-electron chi connectivity index (χ3n) is 2.07. The first-order valence-electron chi connectivity index (χ1n) is 4.89. The highest BCUT2D eigenvalue weighted by atomic mass is 32.2. The van der Waals surface area contributed by atoms with Crippen LogP contribution in [0.2, 0.25) is 0 Å². The molecule has 92 valence electrons. The first-order chi connectivity index (χ1) is 8.04. The smallest absolute Gasteiger partial charge is 0.219 e. The Labute approximate surface area is 103 Å². The van der Waals surface area contributed by atoms with Gasteiger partial charge in [-0.2, -0.15) is 0 Å². The molecule has 17 heavy (non-hydrogen) atoms. The zero-order valence-corrected chi connectivity index (χ0v) is 10.2. The summed E-state index contributed by atoms with van der Waals surface area (Å²) in [6, 6.07) is 5.72. The minimum atomic E-state index is -1.25.